The van der Waals surface area contributed by atoms with Gasteiger partial charge in [0.2, 0.25) is 0 Å². The van der Waals surface area contributed by atoms with Crippen molar-refractivity contribution in [3.05, 3.63) is 89.5 Å². The number of ether oxygens (including phenoxy) is 1. The molecule has 1 unspecified atom stereocenters. The molecule has 1 amide bonds. The zero-order valence-electron chi connectivity index (χ0n) is 20.0. The Balaban J connectivity index is 1.55. The summed E-state index contributed by atoms with van der Waals surface area (Å²) in [6, 6.07) is 15.8. The second-order valence-corrected chi connectivity index (χ2v) is 9.17. The molecule has 182 valence electrons. The molecule has 0 bridgehead atoms. The molecule has 4 aromatic rings. The van der Waals surface area contributed by atoms with E-state index in [1.54, 1.807) is 30.3 Å². The van der Waals surface area contributed by atoms with E-state index < -0.39 is 17.7 Å². The molecule has 2 aromatic heterocycles. The summed E-state index contributed by atoms with van der Waals surface area (Å²) in [5, 5.41) is 12.4. The smallest absolute Gasteiger partial charge is 0.296 e. The van der Waals surface area contributed by atoms with Crippen LogP contribution in [0.15, 0.2) is 77.0 Å². The SMILES string of the molecule is CN1CCOc2ccc(/C(O)=C3\C(=O)C(=O)N(Cc4ccco4)C3c3cn(C)c4ccccc34)cc21. The summed E-state index contributed by atoms with van der Waals surface area (Å²) in [6.07, 6.45) is 3.45. The number of anilines is 1. The number of aromatic nitrogens is 1. The molecule has 2 aliphatic rings. The van der Waals surface area contributed by atoms with Crippen molar-refractivity contribution in [1.29, 1.82) is 0 Å². The van der Waals surface area contributed by atoms with E-state index in [1.807, 2.05) is 54.0 Å². The molecule has 2 aliphatic heterocycles. The van der Waals surface area contributed by atoms with Crippen molar-refractivity contribution in [3.8, 4) is 5.75 Å². The maximum atomic E-state index is 13.5. The number of aryl methyl sites for hydroxylation is 1. The molecule has 1 fully saturated rings. The minimum absolute atomic E-state index is 0.0576. The summed E-state index contributed by atoms with van der Waals surface area (Å²) in [7, 11) is 3.87. The molecule has 36 heavy (non-hydrogen) atoms. The van der Waals surface area contributed by atoms with E-state index in [4.69, 9.17) is 9.15 Å². The summed E-state index contributed by atoms with van der Waals surface area (Å²) in [6.45, 7) is 1.39. The van der Waals surface area contributed by atoms with Crippen molar-refractivity contribution in [1.82, 2.24) is 9.47 Å². The van der Waals surface area contributed by atoms with Crippen LogP contribution < -0.4 is 9.64 Å². The summed E-state index contributed by atoms with van der Waals surface area (Å²) < 4.78 is 13.2. The van der Waals surface area contributed by atoms with Gasteiger partial charge in [0, 0.05) is 42.3 Å². The van der Waals surface area contributed by atoms with Gasteiger partial charge in [-0.15, -0.1) is 0 Å². The van der Waals surface area contributed by atoms with Crippen molar-refractivity contribution in [2.75, 3.05) is 25.1 Å². The van der Waals surface area contributed by atoms with E-state index in [-0.39, 0.29) is 17.9 Å². The second kappa shape index (κ2) is 8.34. The number of nitrogens with zero attached hydrogens (tertiary/aromatic N) is 3. The van der Waals surface area contributed by atoms with Gasteiger partial charge in [-0.3, -0.25) is 9.59 Å². The van der Waals surface area contributed by atoms with E-state index >= 15 is 0 Å². The molecule has 1 atom stereocenters. The maximum absolute atomic E-state index is 13.5. The number of fused-ring (bicyclic) bond motifs is 2. The number of carbonyl (C=O) groups excluding carboxylic acids is 2. The number of para-hydroxylation sites is 1. The fraction of sp³-hybridized carbons (Fsp3) is 0.214. The van der Waals surface area contributed by atoms with Crippen molar-refractivity contribution in [2.45, 2.75) is 12.6 Å². The molecular formula is C28H25N3O5. The molecule has 8 nitrogen and oxygen atoms in total. The van der Waals surface area contributed by atoms with Gasteiger partial charge < -0.3 is 28.6 Å². The lowest BCUT2D eigenvalue weighted by atomic mass is 9.94. The number of ketones is 1. The van der Waals surface area contributed by atoms with Crippen LogP contribution in [0.4, 0.5) is 5.69 Å². The Kier molecular flexibility index (Phi) is 5.10. The summed E-state index contributed by atoms with van der Waals surface area (Å²) in [4.78, 5) is 30.3. The first kappa shape index (κ1) is 22.0. The van der Waals surface area contributed by atoms with Crippen LogP contribution in [-0.4, -0.2) is 46.5 Å². The average molecular weight is 484 g/mol. The number of aliphatic hydroxyl groups excluding tert-OH is 1. The Hall–Kier alpha value is -4.46. The highest BCUT2D eigenvalue weighted by Crippen LogP contribution is 2.44. The normalized spacial score (nSPS) is 19.1. The van der Waals surface area contributed by atoms with Crippen LogP contribution in [0.1, 0.15) is 22.9 Å². The summed E-state index contributed by atoms with van der Waals surface area (Å²) >= 11 is 0. The number of amides is 1. The summed E-state index contributed by atoms with van der Waals surface area (Å²) in [5.41, 5.74) is 3.05. The van der Waals surface area contributed by atoms with Gasteiger partial charge in [0.1, 0.15) is 23.9 Å². The number of hydrogen-bond acceptors (Lipinski definition) is 6. The third-order valence-corrected chi connectivity index (χ3v) is 7.00. The Morgan fingerprint density at radius 3 is 2.72 bits per heavy atom. The largest absolute Gasteiger partial charge is 0.507 e. The Bertz CT molecular complexity index is 1530. The van der Waals surface area contributed by atoms with Gasteiger partial charge >= 0.3 is 0 Å². The number of Topliss-reactive ketones (excluding diaryl/α,β-unsaturated/α-hetero) is 1. The lowest BCUT2D eigenvalue weighted by Crippen LogP contribution is -2.29. The van der Waals surface area contributed by atoms with Crippen LogP contribution in [-0.2, 0) is 23.2 Å². The van der Waals surface area contributed by atoms with Crippen molar-refractivity contribution in [2.24, 2.45) is 7.05 Å². The minimum Gasteiger partial charge on any atom is -0.507 e. The Labute approximate surface area is 207 Å². The van der Waals surface area contributed by atoms with Gasteiger partial charge in [0.25, 0.3) is 11.7 Å². The van der Waals surface area contributed by atoms with Crippen molar-refractivity contribution >= 4 is 34.0 Å². The van der Waals surface area contributed by atoms with Crippen LogP contribution in [0, 0.1) is 0 Å². The standard InChI is InChI=1S/C28H25N3O5/c1-29-11-13-36-23-10-9-17(14-22(23)29)26(32)24-25(20-16-30(2)21-8-4-3-7-19(20)21)31(28(34)27(24)33)15-18-6-5-12-35-18/h3-10,12,14,16,25,32H,11,13,15H2,1-2H3/b26-24+. The van der Waals surface area contributed by atoms with Crippen LogP contribution in [0.3, 0.4) is 0 Å². The number of hydrogen-bond donors (Lipinski definition) is 1. The quantitative estimate of drug-likeness (QED) is 0.266. The van der Waals surface area contributed by atoms with Gasteiger partial charge in [-0.05, 0) is 36.4 Å². The highest BCUT2D eigenvalue weighted by Gasteiger charge is 2.47. The number of carbonyl (C=O) groups is 2. The maximum Gasteiger partial charge on any atom is 0.296 e. The Morgan fingerprint density at radius 2 is 1.92 bits per heavy atom. The van der Waals surface area contributed by atoms with E-state index in [0.717, 1.165) is 22.2 Å². The van der Waals surface area contributed by atoms with Crippen LogP contribution in [0.25, 0.3) is 16.7 Å². The van der Waals surface area contributed by atoms with Crippen molar-refractivity contribution in [3.63, 3.8) is 0 Å². The molecule has 1 saturated heterocycles. The fourth-order valence-electron chi connectivity index (χ4n) is 5.18. The molecule has 0 radical (unpaired) electrons. The van der Waals surface area contributed by atoms with Crippen LogP contribution >= 0.6 is 0 Å². The van der Waals surface area contributed by atoms with E-state index in [1.165, 1.54) is 11.2 Å². The predicted molar refractivity (Wildman–Crippen MR) is 135 cm³/mol. The van der Waals surface area contributed by atoms with Gasteiger partial charge in [-0.2, -0.15) is 0 Å². The fourth-order valence-corrected chi connectivity index (χ4v) is 5.18. The van der Waals surface area contributed by atoms with E-state index in [0.29, 0.717) is 30.2 Å². The van der Waals surface area contributed by atoms with Crippen LogP contribution in [0.2, 0.25) is 0 Å². The molecule has 8 heteroatoms. The van der Waals surface area contributed by atoms with Crippen molar-refractivity contribution < 1.29 is 23.8 Å². The first-order valence-corrected chi connectivity index (χ1v) is 11.8. The number of aliphatic hydroxyl groups is 1. The number of rotatable bonds is 4. The van der Waals surface area contributed by atoms with E-state index in [2.05, 4.69) is 0 Å². The van der Waals surface area contributed by atoms with E-state index in [9.17, 15) is 14.7 Å². The number of likely N-dealkylation sites (tertiary alicyclic amines) is 1. The number of benzene rings is 2. The third kappa shape index (κ3) is 3.37. The van der Waals surface area contributed by atoms with Gasteiger partial charge in [-0.1, -0.05) is 18.2 Å². The topological polar surface area (TPSA) is 88.2 Å². The van der Waals surface area contributed by atoms with Gasteiger partial charge in [0.15, 0.2) is 0 Å². The lowest BCUT2D eigenvalue weighted by molar-refractivity contribution is -0.140. The van der Waals surface area contributed by atoms with Crippen LogP contribution in [0.5, 0.6) is 5.75 Å². The summed E-state index contributed by atoms with van der Waals surface area (Å²) in [5.74, 6) is -0.350. The molecule has 1 N–H and O–H groups in total. The molecule has 6 rings (SSSR count). The molecule has 0 saturated carbocycles. The number of likely N-dealkylation sites (N-methyl/N-ethyl adjacent to an activating group) is 1. The monoisotopic (exact) mass is 483 g/mol. The highest BCUT2D eigenvalue weighted by molar-refractivity contribution is 6.46. The lowest BCUT2D eigenvalue weighted by Gasteiger charge is -2.28. The zero-order chi connectivity index (χ0) is 25.0. The Morgan fingerprint density at radius 1 is 1.08 bits per heavy atom. The van der Waals surface area contributed by atoms with Gasteiger partial charge in [-0.25, -0.2) is 0 Å². The average Bonchev–Trinajstić information content (AvgIpc) is 3.58. The number of furan rings is 1. The zero-order valence-corrected chi connectivity index (χ0v) is 20.0. The first-order valence-electron chi connectivity index (χ1n) is 11.8. The van der Waals surface area contributed by atoms with Gasteiger partial charge in [0.05, 0.1) is 36.7 Å². The first-order chi connectivity index (χ1) is 17.4. The highest BCUT2D eigenvalue weighted by atomic mass is 16.5. The predicted octanol–water partition coefficient (Wildman–Crippen LogP) is 4.22. The minimum atomic E-state index is -0.786. The third-order valence-electron chi connectivity index (χ3n) is 7.00. The molecule has 0 spiro atoms. The molecule has 0 aliphatic carbocycles. The molecule has 2 aromatic carbocycles. The molecule has 4 heterocycles. The second-order valence-electron chi connectivity index (χ2n) is 9.17. The molecular weight excluding hydrogens is 458 g/mol.